The van der Waals surface area contributed by atoms with Gasteiger partial charge in [-0.25, -0.2) is 0 Å². The van der Waals surface area contributed by atoms with Gasteiger partial charge in [0.2, 0.25) is 0 Å². The molecule has 0 fully saturated rings. The topological polar surface area (TPSA) is 73.0 Å². The van der Waals surface area contributed by atoms with Crippen LogP contribution in [-0.2, 0) is 13.1 Å². The van der Waals surface area contributed by atoms with Crippen LogP contribution in [0.3, 0.4) is 0 Å². The third-order valence-electron chi connectivity index (χ3n) is 1.69. The lowest BCUT2D eigenvalue weighted by Gasteiger charge is -1.97. The van der Waals surface area contributed by atoms with Crippen molar-refractivity contribution in [2.45, 2.75) is 20.0 Å². The molecule has 6 nitrogen and oxygen atoms in total. The monoisotopic (exact) mass is 184 g/mol. The zero-order valence-electron chi connectivity index (χ0n) is 7.65. The van der Waals surface area contributed by atoms with Crippen molar-refractivity contribution in [2.24, 2.45) is 0 Å². The second-order valence-electron chi connectivity index (χ2n) is 2.60. The summed E-state index contributed by atoms with van der Waals surface area (Å²) >= 11 is 0. The molecule has 0 saturated heterocycles. The summed E-state index contributed by atoms with van der Waals surface area (Å²) in [5.74, 6) is -0.0906. The Morgan fingerprint density at radius 1 is 1.77 bits per heavy atom. The average Bonchev–Trinajstić information content (AvgIpc) is 2.48. The van der Waals surface area contributed by atoms with Crippen LogP contribution in [0.25, 0.3) is 0 Å². The fourth-order valence-corrected chi connectivity index (χ4v) is 1.13. The van der Waals surface area contributed by atoms with Gasteiger partial charge in [0.05, 0.1) is 23.4 Å². The van der Waals surface area contributed by atoms with Crippen LogP contribution in [0, 0.1) is 10.1 Å². The van der Waals surface area contributed by atoms with E-state index in [1.165, 1.54) is 6.07 Å². The van der Waals surface area contributed by atoms with Crippen LogP contribution in [0.4, 0.5) is 5.82 Å². The minimum atomic E-state index is -0.481. The second kappa shape index (κ2) is 3.99. The largest absolute Gasteiger partial charge is 0.390 e. The van der Waals surface area contributed by atoms with Crippen molar-refractivity contribution in [3.05, 3.63) is 21.9 Å². The maximum absolute atomic E-state index is 10.4. The number of aryl methyl sites for hydroxylation is 1. The first-order chi connectivity index (χ1) is 6.19. The quantitative estimate of drug-likeness (QED) is 0.547. The molecule has 0 amide bonds. The number of hydrogen-bond acceptors (Lipinski definition) is 4. The summed E-state index contributed by atoms with van der Waals surface area (Å²) in [7, 11) is 1.79. The van der Waals surface area contributed by atoms with Gasteiger partial charge in [-0.3, -0.25) is 0 Å². The Morgan fingerprint density at radius 3 is 2.92 bits per heavy atom. The van der Waals surface area contributed by atoms with Crippen molar-refractivity contribution in [2.75, 3.05) is 7.05 Å². The van der Waals surface area contributed by atoms with Gasteiger partial charge in [0.15, 0.2) is 0 Å². The summed E-state index contributed by atoms with van der Waals surface area (Å²) in [6.07, 6.45) is 0. The summed E-state index contributed by atoms with van der Waals surface area (Å²) in [6.45, 7) is 3.13. The first-order valence-corrected chi connectivity index (χ1v) is 4.04. The molecule has 0 saturated carbocycles. The maximum Gasteiger partial charge on any atom is 0.390 e. The fraction of sp³-hybridized carbons (Fsp3) is 0.571. The van der Waals surface area contributed by atoms with Crippen LogP contribution in [0.5, 0.6) is 0 Å². The predicted octanol–water partition coefficient (Wildman–Crippen LogP) is 0.531. The molecule has 0 radical (unpaired) electrons. The molecule has 0 atom stereocenters. The van der Waals surface area contributed by atoms with E-state index in [1.807, 2.05) is 6.92 Å². The zero-order chi connectivity index (χ0) is 9.84. The molecule has 1 heterocycles. The Kier molecular flexibility index (Phi) is 2.97. The first-order valence-electron chi connectivity index (χ1n) is 4.04. The highest BCUT2D eigenvalue weighted by Gasteiger charge is 2.15. The fourth-order valence-electron chi connectivity index (χ4n) is 1.13. The maximum atomic E-state index is 10.4. The Bertz CT molecular complexity index is 307. The van der Waals surface area contributed by atoms with Gasteiger partial charge in [0, 0.05) is 6.54 Å². The van der Waals surface area contributed by atoms with E-state index in [-0.39, 0.29) is 5.82 Å². The summed E-state index contributed by atoms with van der Waals surface area (Å²) < 4.78 is 1.62. The molecule has 1 aromatic heterocycles. The zero-order valence-corrected chi connectivity index (χ0v) is 7.65. The van der Waals surface area contributed by atoms with Crippen LogP contribution in [0.2, 0.25) is 0 Å². The lowest BCUT2D eigenvalue weighted by molar-refractivity contribution is -0.389. The van der Waals surface area contributed by atoms with Crippen molar-refractivity contribution in [3.8, 4) is 0 Å². The highest BCUT2D eigenvalue weighted by atomic mass is 16.6. The van der Waals surface area contributed by atoms with Crippen molar-refractivity contribution < 1.29 is 4.92 Å². The van der Waals surface area contributed by atoms with Gasteiger partial charge < -0.3 is 15.4 Å². The van der Waals surface area contributed by atoms with Crippen molar-refractivity contribution in [1.82, 2.24) is 15.1 Å². The smallest absolute Gasteiger partial charge is 0.358 e. The molecule has 1 N–H and O–H groups in total. The highest BCUT2D eigenvalue weighted by molar-refractivity contribution is 5.21. The molecule has 0 aliphatic rings. The molecule has 0 spiro atoms. The predicted molar refractivity (Wildman–Crippen MR) is 47.3 cm³/mol. The molecular formula is C7H12N4O2. The SMILES string of the molecule is CCn1nc([N+](=O)[O-])cc1CNC. The standard InChI is InChI=1S/C7H12N4O2/c1-3-10-6(5-8-2)4-7(9-10)11(12)13/h4,8H,3,5H2,1-2H3. The summed E-state index contributed by atoms with van der Waals surface area (Å²) in [4.78, 5) is 9.92. The second-order valence-corrected chi connectivity index (χ2v) is 2.60. The van der Waals surface area contributed by atoms with Crippen LogP contribution in [-0.4, -0.2) is 21.8 Å². The number of nitrogens with one attached hydrogen (secondary N) is 1. The minimum absolute atomic E-state index is 0.0906. The number of rotatable bonds is 4. The Labute approximate surface area is 75.7 Å². The first kappa shape index (κ1) is 9.66. The van der Waals surface area contributed by atoms with Crippen molar-refractivity contribution in [3.63, 3.8) is 0 Å². The van der Waals surface area contributed by atoms with Crippen LogP contribution in [0.1, 0.15) is 12.6 Å². The van der Waals surface area contributed by atoms with Crippen LogP contribution >= 0.6 is 0 Å². The molecule has 0 bridgehead atoms. The molecule has 6 heteroatoms. The van der Waals surface area contributed by atoms with E-state index in [4.69, 9.17) is 0 Å². The third-order valence-corrected chi connectivity index (χ3v) is 1.69. The van der Waals surface area contributed by atoms with Gasteiger partial charge in [0.25, 0.3) is 0 Å². The van der Waals surface area contributed by atoms with E-state index in [1.54, 1.807) is 11.7 Å². The molecule has 0 unspecified atom stereocenters. The van der Waals surface area contributed by atoms with Gasteiger partial charge in [0.1, 0.15) is 0 Å². The van der Waals surface area contributed by atoms with Crippen LogP contribution < -0.4 is 5.32 Å². The van der Waals surface area contributed by atoms with E-state index < -0.39 is 4.92 Å². The van der Waals surface area contributed by atoms with Gasteiger partial charge in [-0.2, -0.15) is 4.68 Å². The molecule has 1 aromatic rings. The number of aromatic nitrogens is 2. The Balaban J connectivity index is 2.96. The summed E-state index contributed by atoms with van der Waals surface area (Å²) in [5.41, 5.74) is 0.830. The van der Waals surface area contributed by atoms with E-state index >= 15 is 0 Å². The van der Waals surface area contributed by atoms with E-state index in [9.17, 15) is 10.1 Å². The normalized spacial score (nSPS) is 10.3. The summed E-state index contributed by atoms with van der Waals surface area (Å²) in [6, 6.07) is 1.49. The number of hydrogen-bond donors (Lipinski definition) is 1. The molecular weight excluding hydrogens is 172 g/mol. The molecule has 0 aliphatic carbocycles. The van der Waals surface area contributed by atoms with Gasteiger partial charge >= 0.3 is 5.82 Å². The van der Waals surface area contributed by atoms with Gasteiger partial charge in [-0.15, -0.1) is 0 Å². The van der Waals surface area contributed by atoms with Crippen molar-refractivity contribution >= 4 is 5.82 Å². The van der Waals surface area contributed by atoms with E-state index in [0.29, 0.717) is 13.1 Å². The van der Waals surface area contributed by atoms with E-state index in [2.05, 4.69) is 10.4 Å². The Morgan fingerprint density at radius 2 is 2.46 bits per heavy atom. The van der Waals surface area contributed by atoms with Gasteiger partial charge in [-0.1, -0.05) is 0 Å². The molecule has 0 aromatic carbocycles. The van der Waals surface area contributed by atoms with Gasteiger partial charge in [-0.05, 0) is 18.9 Å². The Hall–Kier alpha value is -1.43. The van der Waals surface area contributed by atoms with Crippen molar-refractivity contribution in [1.29, 1.82) is 0 Å². The molecule has 1 rings (SSSR count). The number of nitrogens with zero attached hydrogens (tertiary/aromatic N) is 3. The molecule has 13 heavy (non-hydrogen) atoms. The number of nitro groups is 1. The molecule has 72 valence electrons. The summed E-state index contributed by atoms with van der Waals surface area (Å²) in [5, 5.41) is 17.1. The minimum Gasteiger partial charge on any atom is -0.358 e. The lowest BCUT2D eigenvalue weighted by atomic mass is 10.4. The lowest BCUT2D eigenvalue weighted by Crippen LogP contribution is -2.11. The highest BCUT2D eigenvalue weighted by Crippen LogP contribution is 2.11. The third kappa shape index (κ3) is 2.03. The van der Waals surface area contributed by atoms with Crippen LogP contribution in [0.15, 0.2) is 6.07 Å². The average molecular weight is 184 g/mol. The van der Waals surface area contributed by atoms with E-state index in [0.717, 1.165) is 5.69 Å². The molecule has 0 aliphatic heterocycles.